The van der Waals surface area contributed by atoms with E-state index in [9.17, 15) is 41.5 Å². The zero-order chi connectivity index (χ0) is 86.2. The van der Waals surface area contributed by atoms with Crippen molar-refractivity contribution < 1.29 is 46.3 Å². The zero-order valence-corrected chi connectivity index (χ0v) is 71.7. The van der Waals surface area contributed by atoms with Crippen LogP contribution >= 0.6 is 0 Å². The Morgan fingerprint density at radius 1 is 0.378 bits per heavy atom. The number of halogens is 4. The summed E-state index contributed by atoms with van der Waals surface area (Å²) in [5.41, 5.74) is 10.5. The van der Waals surface area contributed by atoms with Gasteiger partial charge in [0.25, 0.3) is 29.5 Å². The van der Waals surface area contributed by atoms with E-state index in [-0.39, 0.29) is 84.9 Å². The Balaban J connectivity index is 0.000000205. The van der Waals surface area contributed by atoms with Crippen molar-refractivity contribution in [2.45, 2.75) is 142 Å². The van der Waals surface area contributed by atoms with Crippen LogP contribution in [0.15, 0.2) is 152 Å². The molecule has 119 heavy (non-hydrogen) atoms. The number of likely N-dealkylation sites (N-methyl/N-ethyl adjacent to an activating group) is 3. The molecule has 1 fully saturated rings. The number of H-pyrrole nitrogens is 5. The summed E-state index contributed by atoms with van der Waals surface area (Å²) >= 11 is 0. The highest BCUT2D eigenvalue weighted by Gasteiger charge is 2.28. The zero-order valence-electron chi connectivity index (χ0n) is 71.7. The molecule has 5 amide bonds. The maximum Gasteiger partial charge on any atom is 0.274 e. The van der Waals surface area contributed by atoms with Crippen LogP contribution in [0.1, 0.15) is 182 Å². The van der Waals surface area contributed by atoms with Gasteiger partial charge in [-0.25, -0.2) is 17.6 Å². The highest BCUT2D eigenvalue weighted by molar-refractivity contribution is 5.94. The molecule has 6 heterocycles. The molecule has 1 unspecified atom stereocenters. The molecule has 6 N–H and O–H groups in total. The number of carbonyl (C=O) groups is 5. The first kappa shape index (κ1) is 95.2. The normalized spacial score (nSPS) is 12.2. The number of hydrogen-bond acceptors (Lipinski definition) is 15. The van der Waals surface area contributed by atoms with Crippen LogP contribution in [0.5, 0.6) is 0 Å². The molecule has 1 atom stereocenters. The Hall–Kier alpha value is -11.0. The molecule has 642 valence electrons. The third-order valence-corrected chi connectivity index (χ3v) is 20.0. The lowest BCUT2D eigenvalue weighted by atomic mass is 10.1. The summed E-state index contributed by atoms with van der Waals surface area (Å²) in [5, 5.41) is 37.4. The van der Waals surface area contributed by atoms with Gasteiger partial charge in [-0.05, 0) is 167 Å². The molecular weight excluding hydrogens is 1520 g/mol. The number of hydrogen-bond donors (Lipinski definition) is 6. The van der Waals surface area contributed by atoms with Gasteiger partial charge in [-0.3, -0.25) is 49.5 Å². The van der Waals surface area contributed by atoms with Gasteiger partial charge in [0.05, 0.1) is 6.61 Å². The van der Waals surface area contributed by atoms with E-state index in [4.69, 9.17) is 4.74 Å². The van der Waals surface area contributed by atoms with E-state index < -0.39 is 0 Å². The maximum absolute atomic E-state index is 14.1. The predicted octanol–water partition coefficient (Wildman–Crippen LogP) is 14.1. The number of nitrogens with zero attached hydrogens (tertiary/aromatic N) is 13. The van der Waals surface area contributed by atoms with Gasteiger partial charge in [0.1, 0.15) is 51.7 Å². The number of aryl methyl sites for hydroxylation is 6. The number of rotatable bonds is 38. The van der Waals surface area contributed by atoms with Crippen molar-refractivity contribution in [3.05, 3.63) is 265 Å². The van der Waals surface area contributed by atoms with Crippen LogP contribution in [0.2, 0.25) is 0 Å². The number of amides is 5. The van der Waals surface area contributed by atoms with Crippen molar-refractivity contribution in [3.63, 3.8) is 0 Å². The fraction of sp³-hybridized carbons (Fsp3) is 0.444. The standard InChI is InChI=1S/C20H29FN4O.C19H28N4O.C18H25FN4O.C17H20FN3O2.C16H21FN4O/c1-4-10-24(11-5-2)12-13-25(15-17-8-6-7-9-18(17)21)20(26)19-14-16(3)22-23-19;1-5-22(6-2)10-11-23(14-17-9-7-8-15(3)12-17)19(24)18-13-16(4)20-21-18;1-4-22(5-2)10-11-23(13-15-8-6-7-9-16(15)19)18(24)17-12-14(3)20-21-17;1-12-8-16(20-19-12)17(22)21(9-13-6-7-23-11-13)10-14-4-2-3-5-15(14)18;1-3-18-8-9-21(11-13-6-4-5-7-14(13)17)16(22)15-10-12(2)19-20-15/h6-9,14H,4-5,10-13,15H2,1-3H3,(H,22,23);7-9,12-13H,5-6,10-11,14H2,1-4H3,(H,20,21);6-9,12H,4-5,10-11,13H2,1-3H3,(H,20,21);2-5,8,13H,6-7,9-11H2,1H3,(H,19,20);4-7,10,18H,3,8-9,11H2,1-2H3,(H,19,20). The second kappa shape index (κ2) is 50.7. The van der Waals surface area contributed by atoms with Crippen molar-refractivity contribution in [2.75, 3.05) is 118 Å². The van der Waals surface area contributed by atoms with Crippen LogP contribution in [-0.4, -0.2) is 238 Å². The third-order valence-electron chi connectivity index (χ3n) is 20.0. The Morgan fingerprint density at radius 2 is 0.697 bits per heavy atom. The number of aromatic nitrogens is 10. The van der Waals surface area contributed by atoms with Crippen molar-refractivity contribution in [3.8, 4) is 0 Å². The van der Waals surface area contributed by atoms with Gasteiger partial charge in [-0.1, -0.05) is 151 Å². The average Bonchev–Trinajstić information content (AvgIpc) is 1.78. The molecular formula is C90H123F4N19O6. The Kier molecular flexibility index (Phi) is 40.6. The quantitative estimate of drug-likeness (QED) is 0.0155. The largest absolute Gasteiger partial charge is 0.381 e. The van der Waals surface area contributed by atoms with Gasteiger partial charge < -0.3 is 49.3 Å². The van der Waals surface area contributed by atoms with E-state index in [1.54, 1.807) is 117 Å². The van der Waals surface area contributed by atoms with Gasteiger partial charge in [-0.15, -0.1) is 0 Å². The molecule has 0 aliphatic carbocycles. The van der Waals surface area contributed by atoms with Gasteiger partial charge in [0.2, 0.25) is 0 Å². The summed E-state index contributed by atoms with van der Waals surface area (Å²) in [6, 6.07) is 43.2. The van der Waals surface area contributed by atoms with E-state index in [1.165, 1.54) is 29.8 Å². The van der Waals surface area contributed by atoms with Gasteiger partial charge >= 0.3 is 0 Å². The van der Waals surface area contributed by atoms with Crippen LogP contribution in [0.25, 0.3) is 0 Å². The number of aromatic amines is 5. The van der Waals surface area contributed by atoms with E-state index in [2.05, 4.69) is 138 Å². The molecule has 5 aromatic heterocycles. The molecule has 1 saturated heterocycles. The lowest BCUT2D eigenvalue weighted by Gasteiger charge is -2.27. The van der Waals surface area contributed by atoms with E-state index in [0.29, 0.717) is 110 Å². The topological polar surface area (TPSA) is 276 Å². The first-order valence-corrected chi connectivity index (χ1v) is 41.4. The molecule has 1 aliphatic heterocycles. The number of nitrogens with one attached hydrogen (secondary N) is 6. The second-order valence-corrected chi connectivity index (χ2v) is 29.6. The highest BCUT2D eigenvalue weighted by atomic mass is 19.1. The van der Waals surface area contributed by atoms with Gasteiger partial charge in [0.15, 0.2) is 0 Å². The van der Waals surface area contributed by atoms with Crippen molar-refractivity contribution in [1.29, 1.82) is 0 Å². The lowest BCUT2D eigenvalue weighted by molar-refractivity contribution is 0.0694. The minimum Gasteiger partial charge on any atom is -0.381 e. The Labute approximate surface area is 699 Å². The molecule has 0 spiro atoms. The fourth-order valence-electron chi connectivity index (χ4n) is 13.3. The number of benzene rings is 5. The first-order valence-electron chi connectivity index (χ1n) is 41.4. The molecule has 5 aromatic carbocycles. The highest BCUT2D eigenvalue weighted by Crippen LogP contribution is 2.22. The predicted molar refractivity (Wildman–Crippen MR) is 457 cm³/mol. The molecule has 0 bridgehead atoms. The minimum atomic E-state index is -0.304. The summed E-state index contributed by atoms with van der Waals surface area (Å²) in [4.78, 5) is 79.2. The monoisotopic (exact) mass is 1640 g/mol. The van der Waals surface area contributed by atoms with E-state index in [0.717, 1.165) is 119 Å². The third kappa shape index (κ3) is 31.7. The Morgan fingerprint density at radius 3 is 0.992 bits per heavy atom. The van der Waals surface area contributed by atoms with E-state index in [1.807, 2.05) is 58.6 Å². The summed E-state index contributed by atoms with van der Waals surface area (Å²) in [6.07, 6.45) is 3.06. The smallest absolute Gasteiger partial charge is 0.274 e. The van der Waals surface area contributed by atoms with Crippen molar-refractivity contribution in [2.24, 2.45) is 5.92 Å². The number of carbonyl (C=O) groups excluding carboxylic acids is 5. The van der Waals surface area contributed by atoms with Crippen LogP contribution in [0, 0.1) is 70.7 Å². The molecule has 25 nitrogen and oxygen atoms in total. The summed E-state index contributed by atoms with van der Waals surface area (Å²) in [7, 11) is 0. The molecule has 0 radical (unpaired) electrons. The van der Waals surface area contributed by atoms with Crippen LogP contribution < -0.4 is 5.32 Å². The number of ether oxygens (including phenoxy) is 1. The second-order valence-electron chi connectivity index (χ2n) is 29.6. The molecule has 1 aliphatic rings. The maximum atomic E-state index is 14.1. The van der Waals surface area contributed by atoms with Crippen LogP contribution in [0.4, 0.5) is 17.6 Å². The van der Waals surface area contributed by atoms with Gasteiger partial charge in [-0.2, -0.15) is 25.5 Å². The summed E-state index contributed by atoms with van der Waals surface area (Å²) < 4.78 is 61.2. The molecule has 10 aromatic rings. The lowest BCUT2D eigenvalue weighted by Crippen LogP contribution is -2.39. The van der Waals surface area contributed by atoms with Crippen molar-refractivity contribution >= 4 is 29.5 Å². The summed E-state index contributed by atoms with van der Waals surface area (Å²) in [6.45, 7) is 41.5. The average molecular weight is 1640 g/mol. The van der Waals surface area contributed by atoms with Gasteiger partial charge in [0, 0.05) is 155 Å². The fourth-order valence-corrected chi connectivity index (χ4v) is 13.3. The molecule has 0 saturated carbocycles. The first-order chi connectivity index (χ1) is 57.4. The van der Waals surface area contributed by atoms with Crippen LogP contribution in [0.3, 0.4) is 0 Å². The van der Waals surface area contributed by atoms with Crippen molar-refractivity contribution in [1.82, 2.24) is 95.5 Å². The minimum absolute atomic E-state index is 0.0204. The molecule has 11 rings (SSSR count). The van der Waals surface area contributed by atoms with E-state index >= 15 is 0 Å². The Bertz CT molecular complexity index is 4670. The summed E-state index contributed by atoms with van der Waals surface area (Å²) in [5.74, 6) is -1.68. The molecule has 29 heteroatoms. The van der Waals surface area contributed by atoms with Crippen LogP contribution in [-0.2, 0) is 37.5 Å². The SMILES string of the molecule is CCCN(CCC)CCN(Cc1ccccc1F)C(=O)c1cc(C)[nH]n1.CCN(CC)CCN(Cc1cccc(C)c1)C(=O)c1cc(C)[nH]n1.CCN(CC)CCN(Cc1ccccc1F)C(=O)c1cc(C)[nH]n1.CCNCCN(Cc1ccccc1F)C(=O)c1cc(C)[nH]n1.Cc1cc(C(=O)N(Cc2ccccc2F)CC2CCOC2)n[nH]1.